The Balaban J connectivity index is 2.25. The van der Waals surface area contributed by atoms with Crippen LogP contribution in [0.15, 0.2) is 53.7 Å². The number of benzene rings is 2. The lowest BCUT2D eigenvalue weighted by atomic mass is 10.0. The third kappa shape index (κ3) is 2.74. The molecular formula is C15H16N2O. The van der Waals surface area contributed by atoms with E-state index in [1.807, 2.05) is 24.3 Å². The highest BCUT2D eigenvalue weighted by molar-refractivity contribution is 5.65. The molecule has 0 saturated heterocycles. The predicted octanol–water partition coefficient (Wildman–Crippen LogP) is 4.95. The first-order valence-corrected chi connectivity index (χ1v) is 6.00. The van der Waals surface area contributed by atoms with Gasteiger partial charge in [-0.05, 0) is 47.0 Å². The minimum Gasteiger partial charge on any atom is -0.355 e. The molecule has 0 aromatic heterocycles. The Labute approximate surface area is 107 Å². The van der Waals surface area contributed by atoms with Gasteiger partial charge in [0.05, 0.1) is 0 Å². The van der Waals surface area contributed by atoms with Gasteiger partial charge < -0.3 is 5.32 Å². The summed E-state index contributed by atoms with van der Waals surface area (Å²) in [5, 5.41) is 6.25. The van der Waals surface area contributed by atoms with Crippen molar-refractivity contribution in [2.75, 3.05) is 5.32 Å². The summed E-state index contributed by atoms with van der Waals surface area (Å²) >= 11 is 0. The number of nitroso groups, excluding NO2 is 1. The first-order chi connectivity index (χ1) is 8.70. The van der Waals surface area contributed by atoms with Crippen LogP contribution < -0.4 is 5.32 Å². The summed E-state index contributed by atoms with van der Waals surface area (Å²) < 4.78 is 0. The van der Waals surface area contributed by atoms with Gasteiger partial charge in [-0.15, -0.1) is 4.91 Å². The molecule has 3 heteroatoms. The normalized spacial score (nSPS) is 10.4. The molecule has 0 bridgehead atoms. The van der Waals surface area contributed by atoms with E-state index in [9.17, 15) is 4.91 Å². The van der Waals surface area contributed by atoms with Crippen molar-refractivity contribution in [3.05, 3.63) is 59.0 Å². The summed E-state index contributed by atoms with van der Waals surface area (Å²) in [5.74, 6) is 0.463. The monoisotopic (exact) mass is 240 g/mol. The Morgan fingerprint density at radius 2 is 1.67 bits per heavy atom. The lowest BCUT2D eigenvalue weighted by Crippen LogP contribution is -1.97. The second-order valence-corrected chi connectivity index (χ2v) is 4.51. The van der Waals surface area contributed by atoms with Crippen molar-refractivity contribution < 1.29 is 0 Å². The number of hydrogen-bond donors (Lipinski definition) is 1. The lowest BCUT2D eigenvalue weighted by Gasteiger charge is -2.14. The maximum absolute atomic E-state index is 10.3. The van der Waals surface area contributed by atoms with Crippen molar-refractivity contribution in [3.63, 3.8) is 0 Å². The largest absolute Gasteiger partial charge is 0.355 e. The number of nitrogens with zero attached hydrogens (tertiary/aromatic N) is 1. The lowest BCUT2D eigenvalue weighted by molar-refractivity contribution is 0.869. The van der Waals surface area contributed by atoms with Gasteiger partial charge in [-0.2, -0.15) is 0 Å². The fourth-order valence-corrected chi connectivity index (χ4v) is 1.88. The number of nitrogens with one attached hydrogen (secondary N) is 1. The molecule has 0 unspecified atom stereocenters. The summed E-state index contributed by atoms with van der Waals surface area (Å²) in [6.07, 6.45) is 0. The third-order valence-electron chi connectivity index (χ3n) is 2.83. The van der Waals surface area contributed by atoms with Gasteiger partial charge in [-0.1, -0.05) is 32.0 Å². The average molecular weight is 240 g/mol. The fraction of sp³-hybridized carbons (Fsp3) is 0.200. The summed E-state index contributed by atoms with van der Waals surface area (Å²) in [5.41, 5.74) is 3.77. The molecule has 0 heterocycles. The highest BCUT2D eigenvalue weighted by Crippen LogP contribution is 2.27. The Morgan fingerprint density at radius 1 is 1.00 bits per heavy atom. The first kappa shape index (κ1) is 12.3. The van der Waals surface area contributed by atoms with E-state index < -0.39 is 0 Å². The van der Waals surface area contributed by atoms with E-state index in [1.165, 1.54) is 5.56 Å². The van der Waals surface area contributed by atoms with E-state index in [4.69, 9.17) is 0 Å². The predicted molar refractivity (Wildman–Crippen MR) is 75.7 cm³/mol. The van der Waals surface area contributed by atoms with Crippen LogP contribution in [-0.4, -0.2) is 0 Å². The van der Waals surface area contributed by atoms with Crippen LogP contribution in [0.3, 0.4) is 0 Å². The van der Waals surface area contributed by atoms with E-state index in [0.29, 0.717) is 11.6 Å². The average Bonchev–Trinajstić information content (AvgIpc) is 2.40. The van der Waals surface area contributed by atoms with Crippen molar-refractivity contribution in [2.45, 2.75) is 19.8 Å². The molecule has 0 spiro atoms. The van der Waals surface area contributed by atoms with Gasteiger partial charge >= 0.3 is 0 Å². The minimum atomic E-state index is 0.442. The van der Waals surface area contributed by atoms with Crippen molar-refractivity contribution in [1.29, 1.82) is 0 Å². The number of rotatable bonds is 4. The molecule has 0 aliphatic rings. The van der Waals surface area contributed by atoms with Gasteiger partial charge in [0.2, 0.25) is 0 Å². The van der Waals surface area contributed by atoms with Crippen molar-refractivity contribution in [1.82, 2.24) is 0 Å². The standard InChI is InChI=1S/C15H16N2O/c1-11(2)14-5-3-4-6-15(14)16-12-7-9-13(17-18)10-8-12/h3-11,16H,1-2H3. The minimum absolute atomic E-state index is 0.442. The number of anilines is 2. The summed E-state index contributed by atoms with van der Waals surface area (Å²) in [6.45, 7) is 4.33. The maximum Gasteiger partial charge on any atom is 0.108 e. The molecule has 2 rings (SSSR count). The molecule has 2 aromatic carbocycles. The second kappa shape index (κ2) is 5.45. The van der Waals surface area contributed by atoms with Crippen molar-refractivity contribution >= 4 is 17.1 Å². The molecule has 0 saturated carbocycles. The molecule has 2 aromatic rings. The Bertz CT molecular complexity index is 532. The van der Waals surface area contributed by atoms with Gasteiger partial charge in [0.25, 0.3) is 0 Å². The molecule has 0 fully saturated rings. The van der Waals surface area contributed by atoms with E-state index in [0.717, 1.165) is 11.4 Å². The Morgan fingerprint density at radius 3 is 2.28 bits per heavy atom. The van der Waals surface area contributed by atoms with Crippen LogP contribution in [0.25, 0.3) is 0 Å². The molecule has 1 N–H and O–H groups in total. The molecule has 92 valence electrons. The number of para-hydroxylation sites is 1. The highest BCUT2D eigenvalue weighted by Gasteiger charge is 2.05. The molecule has 0 radical (unpaired) electrons. The van der Waals surface area contributed by atoms with Crippen LogP contribution in [0.2, 0.25) is 0 Å². The zero-order valence-corrected chi connectivity index (χ0v) is 10.6. The van der Waals surface area contributed by atoms with Gasteiger partial charge in [-0.25, -0.2) is 0 Å². The summed E-state index contributed by atoms with van der Waals surface area (Å²) in [6, 6.07) is 15.3. The Hall–Kier alpha value is -2.16. The third-order valence-corrected chi connectivity index (χ3v) is 2.83. The van der Waals surface area contributed by atoms with Gasteiger partial charge in [0.1, 0.15) is 5.69 Å². The van der Waals surface area contributed by atoms with E-state index in [-0.39, 0.29) is 0 Å². The smallest absolute Gasteiger partial charge is 0.108 e. The molecular weight excluding hydrogens is 224 g/mol. The van der Waals surface area contributed by atoms with Crippen LogP contribution in [0, 0.1) is 4.91 Å². The maximum atomic E-state index is 10.3. The molecule has 3 nitrogen and oxygen atoms in total. The van der Waals surface area contributed by atoms with Crippen LogP contribution in [-0.2, 0) is 0 Å². The fourth-order valence-electron chi connectivity index (χ4n) is 1.88. The molecule has 0 aliphatic carbocycles. The van der Waals surface area contributed by atoms with Crippen LogP contribution in [0.5, 0.6) is 0 Å². The zero-order chi connectivity index (χ0) is 13.0. The summed E-state index contributed by atoms with van der Waals surface area (Å²) in [7, 11) is 0. The van der Waals surface area contributed by atoms with Gasteiger partial charge in [0.15, 0.2) is 0 Å². The van der Waals surface area contributed by atoms with E-state index >= 15 is 0 Å². The van der Waals surface area contributed by atoms with Gasteiger partial charge in [0, 0.05) is 11.4 Å². The van der Waals surface area contributed by atoms with E-state index in [1.54, 1.807) is 12.1 Å². The summed E-state index contributed by atoms with van der Waals surface area (Å²) in [4.78, 5) is 10.3. The molecule has 0 atom stereocenters. The highest BCUT2D eigenvalue weighted by atomic mass is 16.3. The Kier molecular flexibility index (Phi) is 3.72. The SMILES string of the molecule is CC(C)c1ccccc1Nc1ccc(N=O)cc1. The molecule has 0 aliphatic heterocycles. The van der Waals surface area contributed by atoms with Crippen LogP contribution in [0.4, 0.5) is 17.1 Å². The number of hydrogen-bond acceptors (Lipinski definition) is 3. The van der Waals surface area contributed by atoms with Crippen molar-refractivity contribution in [2.24, 2.45) is 5.18 Å². The van der Waals surface area contributed by atoms with Crippen LogP contribution in [0.1, 0.15) is 25.3 Å². The topological polar surface area (TPSA) is 41.5 Å². The quantitative estimate of drug-likeness (QED) is 0.768. The molecule has 0 amide bonds. The van der Waals surface area contributed by atoms with Crippen molar-refractivity contribution in [3.8, 4) is 0 Å². The second-order valence-electron chi connectivity index (χ2n) is 4.51. The van der Waals surface area contributed by atoms with Gasteiger partial charge in [-0.3, -0.25) is 0 Å². The van der Waals surface area contributed by atoms with Crippen LogP contribution >= 0.6 is 0 Å². The van der Waals surface area contributed by atoms with E-state index in [2.05, 4.69) is 36.5 Å². The zero-order valence-electron chi connectivity index (χ0n) is 10.6. The first-order valence-electron chi connectivity index (χ1n) is 6.00. The molecule has 18 heavy (non-hydrogen) atoms.